The summed E-state index contributed by atoms with van der Waals surface area (Å²) in [4.78, 5) is 37.0. The normalized spacial score (nSPS) is 10.5. The van der Waals surface area contributed by atoms with Crippen molar-refractivity contribution in [3.8, 4) is 16.9 Å². The van der Waals surface area contributed by atoms with Gasteiger partial charge in [-0.1, -0.05) is 34.5 Å². The minimum Gasteiger partial charge on any atom is -0.494 e. The summed E-state index contributed by atoms with van der Waals surface area (Å²) in [5, 5.41) is 4.70. The molecule has 0 aliphatic heterocycles. The molecule has 0 spiro atoms. The van der Waals surface area contributed by atoms with Crippen LogP contribution >= 0.6 is 34.5 Å². The maximum absolute atomic E-state index is 11.1. The molecule has 0 amide bonds. The Labute approximate surface area is 234 Å². The molecule has 0 radical (unpaired) electrons. The van der Waals surface area contributed by atoms with Gasteiger partial charge in [-0.2, -0.15) is 0 Å². The van der Waals surface area contributed by atoms with E-state index in [1.165, 1.54) is 23.7 Å². The van der Waals surface area contributed by atoms with Crippen LogP contribution < -0.4 is 15.0 Å². The highest BCUT2D eigenvalue weighted by Crippen LogP contribution is 2.33. The second kappa shape index (κ2) is 13.7. The number of carbonyl (C=O) groups is 2. The number of methoxy groups -OCH3 is 1. The molecule has 0 atom stereocenters. The van der Waals surface area contributed by atoms with Crippen LogP contribution in [0.3, 0.4) is 0 Å². The highest BCUT2D eigenvalue weighted by Gasteiger charge is 2.12. The van der Waals surface area contributed by atoms with Crippen molar-refractivity contribution in [2.45, 2.75) is 6.92 Å². The van der Waals surface area contributed by atoms with Crippen LogP contribution in [0, 0.1) is 6.92 Å². The van der Waals surface area contributed by atoms with Gasteiger partial charge in [0.05, 0.1) is 23.9 Å². The van der Waals surface area contributed by atoms with Gasteiger partial charge in [-0.3, -0.25) is 14.6 Å². The zero-order chi connectivity index (χ0) is 27.7. The van der Waals surface area contributed by atoms with E-state index in [-0.39, 0.29) is 0 Å². The third kappa shape index (κ3) is 7.38. The number of ether oxygens (including phenoxy) is 1. The third-order valence-corrected chi connectivity index (χ3v) is 6.71. The van der Waals surface area contributed by atoms with Crippen molar-refractivity contribution >= 4 is 64.0 Å². The Kier molecular flexibility index (Phi) is 10.3. The topological polar surface area (TPSA) is 97.3 Å². The van der Waals surface area contributed by atoms with E-state index in [1.807, 2.05) is 61.5 Å². The van der Waals surface area contributed by atoms with Crippen molar-refractivity contribution in [1.29, 1.82) is 0 Å². The number of nitrogens with one attached hydrogen (secondary N) is 1. The number of thiazole rings is 1. The van der Waals surface area contributed by atoms with Gasteiger partial charge in [0.25, 0.3) is 0 Å². The van der Waals surface area contributed by atoms with Gasteiger partial charge in [0.15, 0.2) is 17.7 Å². The van der Waals surface area contributed by atoms with Gasteiger partial charge in [-0.05, 0) is 55.0 Å². The third-order valence-electron chi connectivity index (χ3n) is 5.23. The van der Waals surface area contributed by atoms with Gasteiger partial charge in [0, 0.05) is 54.0 Å². The van der Waals surface area contributed by atoms with Crippen molar-refractivity contribution in [3.05, 3.63) is 87.0 Å². The number of halogens is 2. The van der Waals surface area contributed by atoms with Crippen LogP contribution in [0.4, 0.5) is 10.8 Å². The zero-order valence-corrected chi connectivity index (χ0v) is 23.4. The minimum absolute atomic E-state index is 0.345. The SMILES string of the molecule is CNc1nc(/C=C\N(C)c2ccc(Cl)cc2)c(C=O)s1.COc1cnc(Cl)cc1-c1cc(C)ncc1C=O. The Morgan fingerprint density at radius 2 is 1.76 bits per heavy atom. The van der Waals surface area contributed by atoms with E-state index in [4.69, 9.17) is 27.9 Å². The van der Waals surface area contributed by atoms with E-state index < -0.39 is 0 Å². The van der Waals surface area contributed by atoms with Gasteiger partial charge in [0.1, 0.15) is 10.9 Å². The lowest BCUT2D eigenvalue weighted by molar-refractivity contribution is 0.111. The first-order valence-electron chi connectivity index (χ1n) is 11.2. The minimum atomic E-state index is 0.345. The molecule has 0 bridgehead atoms. The molecule has 0 fully saturated rings. The predicted octanol–water partition coefficient (Wildman–Crippen LogP) is 6.68. The largest absolute Gasteiger partial charge is 0.494 e. The maximum Gasteiger partial charge on any atom is 0.183 e. The van der Waals surface area contributed by atoms with Gasteiger partial charge < -0.3 is 15.0 Å². The molecule has 8 nitrogen and oxygen atoms in total. The van der Waals surface area contributed by atoms with Crippen molar-refractivity contribution < 1.29 is 14.3 Å². The average Bonchev–Trinajstić information content (AvgIpc) is 3.35. The fraction of sp³-hybridized carbons (Fsp3) is 0.148. The lowest BCUT2D eigenvalue weighted by Crippen LogP contribution is -2.07. The zero-order valence-electron chi connectivity index (χ0n) is 21.1. The van der Waals surface area contributed by atoms with Crippen molar-refractivity contribution in [2.75, 3.05) is 31.4 Å². The van der Waals surface area contributed by atoms with Gasteiger partial charge in [-0.25, -0.2) is 9.97 Å². The molecule has 1 aromatic carbocycles. The summed E-state index contributed by atoms with van der Waals surface area (Å²) in [6.07, 6.45) is 8.32. The molecule has 0 aliphatic rings. The molecule has 38 heavy (non-hydrogen) atoms. The number of benzene rings is 1. The molecule has 3 heterocycles. The highest BCUT2D eigenvalue weighted by molar-refractivity contribution is 7.17. The maximum atomic E-state index is 11.1. The summed E-state index contributed by atoms with van der Waals surface area (Å²) < 4.78 is 5.24. The number of rotatable bonds is 8. The Morgan fingerprint density at radius 3 is 2.39 bits per heavy atom. The quantitative estimate of drug-likeness (QED) is 0.185. The second-order valence-electron chi connectivity index (χ2n) is 7.78. The Balaban J connectivity index is 0.000000212. The fourth-order valence-corrected chi connectivity index (χ4v) is 4.29. The number of hydrogen-bond donors (Lipinski definition) is 1. The smallest absolute Gasteiger partial charge is 0.183 e. The van der Waals surface area contributed by atoms with E-state index in [9.17, 15) is 9.59 Å². The number of aldehydes is 2. The summed E-state index contributed by atoms with van der Waals surface area (Å²) >= 11 is 13.1. The lowest BCUT2D eigenvalue weighted by Gasteiger charge is -2.13. The molecule has 4 rings (SSSR count). The van der Waals surface area contributed by atoms with E-state index in [0.29, 0.717) is 32.1 Å². The first-order valence-corrected chi connectivity index (χ1v) is 12.8. The van der Waals surface area contributed by atoms with Gasteiger partial charge in [-0.15, -0.1) is 0 Å². The first-order chi connectivity index (χ1) is 18.3. The second-order valence-corrected chi connectivity index (χ2v) is 9.63. The summed E-state index contributed by atoms with van der Waals surface area (Å²) in [6.45, 7) is 1.85. The number of anilines is 2. The lowest BCUT2D eigenvalue weighted by atomic mass is 10.0. The number of aromatic nitrogens is 3. The van der Waals surface area contributed by atoms with Gasteiger partial charge >= 0.3 is 0 Å². The van der Waals surface area contributed by atoms with Crippen molar-refractivity contribution in [1.82, 2.24) is 15.0 Å². The molecule has 0 aliphatic carbocycles. The number of nitrogens with zero attached hydrogens (tertiary/aromatic N) is 4. The van der Waals surface area contributed by atoms with Crippen LogP contribution in [0.5, 0.6) is 5.75 Å². The fourth-order valence-electron chi connectivity index (χ4n) is 3.29. The van der Waals surface area contributed by atoms with E-state index in [0.717, 1.165) is 40.2 Å². The highest BCUT2D eigenvalue weighted by atomic mass is 35.5. The molecule has 0 saturated carbocycles. The van der Waals surface area contributed by atoms with Crippen LogP contribution in [-0.4, -0.2) is 48.7 Å². The number of carbonyl (C=O) groups excluding carboxylic acids is 2. The van der Waals surface area contributed by atoms with Gasteiger partial charge in [0.2, 0.25) is 0 Å². The van der Waals surface area contributed by atoms with Crippen LogP contribution in [-0.2, 0) is 0 Å². The van der Waals surface area contributed by atoms with E-state index in [1.54, 1.807) is 20.2 Å². The molecule has 0 saturated heterocycles. The van der Waals surface area contributed by atoms with Crippen molar-refractivity contribution in [2.24, 2.45) is 0 Å². The molecular formula is C27H25Cl2N5O3S. The molecular weight excluding hydrogens is 545 g/mol. The summed E-state index contributed by atoms with van der Waals surface area (Å²) in [5.41, 5.74) is 4.42. The number of aryl methyl sites for hydroxylation is 1. The summed E-state index contributed by atoms with van der Waals surface area (Å²) in [7, 11) is 5.25. The summed E-state index contributed by atoms with van der Waals surface area (Å²) in [6, 6.07) is 11.0. The van der Waals surface area contributed by atoms with Crippen LogP contribution in [0.15, 0.2) is 55.0 Å². The van der Waals surface area contributed by atoms with Crippen LogP contribution in [0.25, 0.3) is 17.2 Å². The Morgan fingerprint density at radius 1 is 1.03 bits per heavy atom. The van der Waals surface area contributed by atoms with Crippen LogP contribution in [0.1, 0.15) is 31.4 Å². The summed E-state index contributed by atoms with van der Waals surface area (Å²) in [5.74, 6) is 0.563. The Bertz CT molecular complexity index is 1440. The van der Waals surface area contributed by atoms with E-state index in [2.05, 4.69) is 20.3 Å². The standard InChI is InChI=1S/C14H14ClN3OS.C13H11ClN2O2/c1-16-14-17-12(13(9-19)20-14)7-8-18(2)11-5-3-10(15)4-6-11;1-8-3-10(9(7-17)5-15-8)11-4-13(14)16-6-12(11)18-2/h3-9H,1-2H3,(H,16,17);3-7H,1-2H3/b8-7-;. The van der Waals surface area contributed by atoms with Crippen molar-refractivity contribution in [3.63, 3.8) is 0 Å². The molecule has 3 aromatic heterocycles. The molecule has 0 unspecified atom stereocenters. The average molecular weight is 571 g/mol. The molecule has 1 N–H and O–H groups in total. The van der Waals surface area contributed by atoms with E-state index >= 15 is 0 Å². The molecule has 11 heteroatoms. The number of hydrogen-bond acceptors (Lipinski definition) is 9. The Hall–Kier alpha value is -3.79. The first kappa shape index (κ1) is 28.8. The van der Waals surface area contributed by atoms with Crippen LogP contribution in [0.2, 0.25) is 10.2 Å². The monoisotopic (exact) mass is 569 g/mol. The molecule has 4 aromatic rings. The number of pyridine rings is 2. The predicted molar refractivity (Wildman–Crippen MR) is 155 cm³/mol. The molecule has 196 valence electrons.